The zero-order valence-corrected chi connectivity index (χ0v) is 18.1. The first kappa shape index (κ1) is 19.8. The van der Waals surface area contributed by atoms with Gasteiger partial charge in [-0.3, -0.25) is 0 Å². The molecule has 2 aromatic heterocycles. The molecule has 8 heteroatoms. The minimum Gasteiger partial charge on any atom is -0.475 e. The van der Waals surface area contributed by atoms with Crippen molar-refractivity contribution in [2.75, 3.05) is 17.9 Å². The maximum absolute atomic E-state index is 6.19. The number of hydrogen-bond acceptors (Lipinski definition) is 6. The Labute approximate surface area is 179 Å². The number of ether oxygens (including phenoxy) is 1. The topological polar surface area (TPSA) is 64.3 Å². The standard InChI is InChI=1S/C21H22ClN5OS/c1-21(2,3)15-4-6-17(7-5-15)29-26-18-10-16(22)12-24-19(18)27-13-14(11-25-27)20-23-8-9-28-20/h4-7,10-13,26H,8-9H2,1-3H3. The van der Waals surface area contributed by atoms with Gasteiger partial charge < -0.3 is 9.46 Å². The van der Waals surface area contributed by atoms with E-state index in [1.165, 1.54) is 17.5 Å². The van der Waals surface area contributed by atoms with Gasteiger partial charge in [-0.25, -0.2) is 14.7 Å². The molecule has 0 saturated heterocycles. The molecule has 0 unspecified atom stereocenters. The second-order valence-corrected chi connectivity index (χ2v) is 9.03. The number of nitrogens with one attached hydrogen (secondary N) is 1. The molecule has 0 spiro atoms. The molecule has 1 N–H and O–H groups in total. The largest absolute Gasteiger partial charge is 0.475 e. The Morgan fingerprint density at radius 2 is 1.97 bits per heavy atom. The van der Waals surface area contributed by atoms with Gasteiger partial charge in [-0.15, -0.1) is 0 Å². The third-order valence-corrected chi connectivity index (χ3v) is 5.50. The van der Waals surface area contributed by atoms with E-state index in [9.17, 15) is 0 Å². The normalized spacial score (nSPS) is 13.9. The summed E-state index contributed by atoms with van der Waals surface area (Å²) in [5, 5.41) is 4.97. The number of benzene rings is 1. The second kappa shape index (κ2) is 8.08. The van der Waals surface area contributed by atoms with E-state index >= 15 is 0 Å². The van der Waals surface area contributed by atoms with Crippen LogP contribution in [-0.4, -0.2) is 33.8 Å². The first-order valence-electron chi connectivity index (χ1n) is 9.32. The maximum atomic E-state index is 6.19. The van der Waals surface area contributed by atoms with Crippen LogP contribution in [0.5, 0.6) is 0 Å². The molecule has 0 atom stereocenters. The highest BCUT2D eigenvalue weighted by atomic mass is 35.5. The number of halogens is 1. The molecule has 4 rings (SSSR count). The van der Waals surface area contributed by atoms with Gasteiger partial charge >= 0.3 is 0 Å². The van der Waals surface area contributed by atoms with Gasteiger partial charge in [0.25, 0.3) is 0 Å². The van der Waals surface area contributed by atoms with E-state index in [1.54, 1.807) is 17.1 Å². The average Bonchev–Trinajstić information content (AvgIpc) is 3.38. The lowest BCUT2D eigenvalue weighted by Crippen LogP contribution is -2.10. The van der Waals surface area contributed by atoms with Crippen LogP contribution in [0.25, 0.3) is 5.82 Å². The molecule has 0 amide bonds. The van der Waals surface area contributed by atoms with Gasteiger partial charge in [-0.2, -0.15) is 5.10 Å². The summed E-state index contributed by atoms with van der Waals surface area (Å²) in [6, 6.07) is 10.4. The summed E-state index contributed by atoms with van der Waals surface area (Å²) < 4.78 is 10.6. The number of rotatable bonds is 5. The third kappa shape index (κ3) is 4.57. The van der Waals surface area contributed by atoms with Crippen molar-refractivity contribution < 1.29 is 4.74 Å². The molecule has 0 radical (unpaired) electrons. The van der Waals surface area contributed by atoms with Crippen LogP contribution >= 0.6 is 23.5 Å². The molecule has 0 saturated carbocycles. The van der Waals surface area contributed by atoms with Crippen LogP contribution in [0.15, 0.2) is 58.8 Å². The van der Waals surface area contributed by atoms with Crippen LogP contribution in [0.3, 0.4) is 0 Å². The van der Waals surface area contributed by atoms with Crippen molar-refractivity contribution in [1.82, 2.24) is 14.8 Å². The SMILES string of the molecule is CC(C)(C)c1ccc(SNc2cc(Cl)cnc2-n2cc(C3=NCCO3)cn2)cc1. The first-order valence-corrected chi connectivity index (χ1v) is 10.5. The van der Waals surface area contributed by atoms with Crippen molar-refractivity contribution in [1.29, 1.82) is 0 Å². The fourth-order valence-corrected chi connectivity index (χ4v) is 3.69. The lowest BCUT2D eigenvalue weighted by Gasteiger charge is -2.19. The molecule has 29 heavy (non-hydrogen) atoms. The predicted octanol–water partition coefficient (Wildman–Crippen LogP) is 5.11. The van der Waals surface area contributed by atoms with Gasteiger partial charge in [0.15, 0.2) is 5.82 Å². The van der Waals surface area contributed by atoms with Gasteiger partial charge in [-0.1, -0.05) is 44.5 Å². The average molecular weight is 428 g/mol. The smallest absolute Gasteiger partial charge is 0.219 e. The van der Waals surface area contributed by atoms with Crippen LogP contribution < -0.4 is 4.72 Å². The van der Waals surface area contributed by atoms with E-state index in [2.05, 4.69) is 64.8 Å². The number of aliphatic imine (C=N–C) groups is 1. The molecule has 1 aliphatic rings. The van der Waals surface area contributed by atoms with Crippen molar-refractivity contribution in [3.05, 3.63) is 65.1 Å². The second-order valence-electron chi connectivity index (χ2n) is 7.71. The highest BCUT2D eigenvalue weighted by Gasteiger charge is 2.16. The van der Waals surface area contributed by atoms with E-state index < -0.39 is 0 Å². The molecule has 0 fully saturated rings. The van der Waals surface area contributed by atoms with Gasteiger partial charge in [0.1, 0.15) is 6.61 Å². The van der Waals surface area contributed by atoms with Gasteiger partial charge in [-0.05, 0) is 41.1 Å². The lowest BCUT2D eigenvalue weighted by atomic mass is 9.87. The molecule has 0 aliphatic carbocycles. The fourth-order valence-electron chi connectivity index (χ4n) is 2.89. The lowest BCUT2D eigenvalue weighted by molar-refractivity contribution is 0.348. The van der Waals surface area contributed by atoms with E-state index in [0.29, 0.717) is 29.9 Å². The van der Waals surface area contributed by atoms with Crippen LogP contribution in [-0.2, 0) is 10.2 Å². The Morgan fingerprint density at radius 1 is 1.17 bits per heavy atom. The summed E-state index contributed by atoms with van der Waals surface area (Å²) in [4.78, 5) is 9.88. The van der Waals surface area contributed by atoms with Crippen LogP contribution in [0.1, 0.15) is 31.9 Å². The van der Waals surface area contributed by atoms with Crippen molar-refractivity contribution in [3.63, 3.8) is 0 Å². The molecule has 6 nitrogen and oxygen atoms in total. The molecule has 1 aliphatic heterocycles. The minimum atomic E-state index is 0.131. The monoisotopic (exact) mass is 427 g/mol. The number of pyridine rings is 1. The first-order chi connectivity index (χ1) is 13.9. The number of anilines is 1. The molecule has 3 heterocycles. The van der Waals surface area contributed by atoms with E-state index in [0.717, 1.165) is 16.1 Å². The zero-order valence-electron chi connectivity index (χ0n) is 16.5. The Hall–Kier alpha value is -2.51. The Kier molecular flexibility index (Phi) is 5.52. The van der Waals surface area contributed by atoms with E-state index in [1.807, 2.05) is 12.3 Å². The van der Waals surface area contributed by atoms with Crippen molar-refractivity contribution in [2.45, 2.75) is 31.1 Å². The highest BCUT2D eigenvalue weighted by molar-refractivity contribution is 8.00. The Bertz CT molecular complexity index is 1040. The van der Waals surface area contributed by atoms with Gasteiger partial charge in [0.2, 0.25) is 5.90 Å². The summed E-state index contributed by atoms with van der Waals surface area (Å²) in [6.45, 7) is 7.90. The number of aromatic nitrogens is 3. The van der Waals surface area contributed by atoms with Crippen LogP contribution in [0.2, 0.25) is 5.02 Å². The molecule has 150 valence electrons. The minimum absolute atomic E-state index is 0.131. The summed E-state index contributed by atoms with van der Waals surface area (Å²) in [5.41, 5.74) is 3.03. The van der Waals surface area contributed by atoms with Crippen LogP contribution in [0.4, 0.5) is 5.69 Å². The highest BCUT2D eigenvalue weighted by Crippen LogP contribution is 2.29. The Morgan fingerprint density at radius 3 is 2.66 bits per heavy atom. The molecular weight excluding hydrogens is 406 g/mol. The summed E-state index contributed by atoms with van der Waals surface area (Å²) in [5.74, 6) is 1.27. The fraction of sp³-hybridized carbons (Fsp3) is 0.286. The van der Waals surface area contributed by atoms with Crippen molar-refractivity contribution in [3.8, 4) is 5.82 Å². The molecule has 3 aromatic rings. The van der Waals surface area contributed by atoms with Gasteiger partial charge in [0.05, 0.1) is 29.0 Å². The summed E-state index contributed by atoms with van der Waals surface area (Å²) >= 11 is 7.69. The molecular formula is C21H22ClN5OS. The number of hydrogen-bond donors (Lipinski definition) is 1. The van der Waals surface area contributed by atoms with Crippen molar-refractivity contribution in [2.24, 2.45) is 4.99 Å². The van der Waals surface area contributed by atoms with Crippen LogP contribution in [0, 0.1) is 0 Å². The van der Waals surface area contributed by atoms with E-state index in [-0.39, 0.29) is 5.41 Å². The van der Waals surface area contributed by atoms with Crippen molar-refractivity contribution >= 4 is 35.1 Å². The maximum Gasteiger partial charge on any atom is 0.219 e. The summed E-state index contributed by atoms with van der Waals surface area (Å²) in [6.07, 6.45) is 5.19. The Balaban J connectivity index is 1.54. The number of nitrogens with zero attached hydrogens (tertiary/aromatic N) is 4. The molecule has 1 aromatic carbocycles. The summed E-state index contributed by atoms with van der Waals surface area (Å²) in [7, 11) is 0. The van der Waals surface area contributed by atoms with E-state index in [4.69, 9.17) is 16.3 Å². The predicted molar refractivity (Wildman–Crippen MR) is 118 cm³/mol. The quantitative estimate of drug-likeness (QED) is 0.573. The zero-order chi connectivity index (χ0) is 20.4. The van der Waals surface area contributed by atoms with Gasteiger partial charge in [0, 0.05) is 17.3 Å². The molecule has 0 bridgehead atoms. The third-order valence-electron chi connectivity index (χ3n) is 4.46.